The first-order chi connectivity index (χ1) is 11.5. The molecule has 0 spiro atoms. The molecule has 2 aromatic rings. The lowest BCUT2D eigenvalue weighted by Crippen LogP contribution is -2.36. The topological polar surface area (TPSA) is 91.5 Å². The Kier molecular flexibility index (Phi) is 4.84. The van der Waals surface area contributed by atoms with Crippen LogP contribution in [0.15, 0.2) is 30.9 Å². The van der Waals surface area contributed by atoms with Crippen molar-refractivity contribution >= 4 is 17.5 Å². The lowest BCUT2D eigenvalue weighted by atomic mass is 9.96. The smallest absolute Gasteiger partial charge is 0.255 e. The minimum atomic E-state index is -1.10. The number of hydrogen-bond donors (Lipinski definition) is 2. The molecule has 1 aromatic carbocycles. The Balaban J connectivity index is 1.78. The van der Waals surface area contributed by atoms with E-state index in [1.54, 1.807) is 40.3 Å². The minimum Gasteiger partial charge on any atom is -0.393 e. The molecule has 1 atom stereocenters. The second kappa shape index (κ2) is 6.88. The fraction of sp³-hybridized carbons (Fsp3) is 0.438. The summed E-state index contributed by atoms with van der Waals surface area (Å²) < 4.78 is 1.70. The minimum absolute atomic E-state index is 0.169. The van der Waals surface area contributed by atoms with Gasteiger partial charge in [-0.25, -0.2) is 0 Å². The Morgan fingerprint density at radius 1 is 1.25 bits per heavy atom. The van der Waals surface area contributed by atoms with Crippen LogP contribution in [0, 0.1) is 0 Å². The molecular weight excluding hydrogens is 332 g/mol. The number of likely N-dealkylation sites (tertiary alicyclic amines) is 1. The molecule has 0 bridgehead atoms. The zero-order chi connectivity index (χ0) is 17.2. The molecule has 0 aliphatic carbocycles. The molecule has 1 aliphatic rings. The van der Waals surface area contributed by atoms with Gasteiger partial charge in [0.15, 0.2) is 0 Å². The molecule has 7 nitrogen and oxygen atoms in total. The van der Waals surface area contributed by atoms with E-state index in [-0.39, 0.29) is 12.5 Å². The van der Waals surface area contributed by atoms with Crippen molar-refractivity contribution in [3.63, 3.8) is 0 Å². The monoisotopic (exact) mass is 350 g/mol. The van der Waals surface area contributed by atoms with Crippen LogP contribution in [0.1, 0.15) is 29.6 Å². The summed E-state index contributed by atoms with van der Waals surface area (Å²) >= 11 is 6.29. The molecule has 1 aromatic heterocycles. The number of amides is 1. The Morgan fingerprint density at radius 2 is 2.00 bits per heavy atom. The summed E-state index contributed by atoms with van der Waals surface area (Å²) in [6, 6.07) is 5.16. The van der Waals surface area contributed by atoms with Gasteiger partial charge in [-0.15, -0.1) is 10.2 Å². The SMILES string of the molecule is O=C(c1ccc(-n2cnnc2)cc1Cl)N1CCC[C@@](O)(CO)CC1. The Hall–Kier alpha value is -1.96. The van der Waals surface area contributed by atoms with Crippen molar-refractivity contribution in [3.05, 3.63) is 41.4 Å². The van der Waals surface area contributed by atoms with E-state index in [9.17, 15) is 15.0 Å². The first-order valence-corrected chi connectivity index (χ1v) is 8.17. The second-order valence-electron chi connectivity index (χ2n) is 6.06. The van der Waals surface area contributed by atoms with Crippen LogP contribution in [-0.2, 0) is 0 Å². The van der Waals surface area contributed by atoms with E-state index in [2.05, 4.69) is 10.2 Å². The van der Waals surface area contributed by atoms with Crippen LogP contribution < -0.4 is 0 Å². The summed E-state index contributed by atoms with van der Waals surface area (Å²) in [5.74, 6) is -0.169. The van der Waals surface area contributed by atoms with Crippen LogP contribution in [0.3, 0.4) is 0 Å². The van der Waals surface area contributed by atoms with Crippen molar-refractivity contribution in [3.8, 4) is 5.69 Å². The molecule has 0 radical (unpaired) electrons. The highest BCUT2D eigenvalue weighted by Crippen LogP contribution is 2.25. The number of aliphatic hydroxyl groups is 2. The highest BCUT2D eigenvalue weighted by molar-refractivity contribution is 6.34. The standard InChI is InChI=1S/C16H19ClN4O3/c17-14-8-12(21-10-18-19-11-21)2-3-13(14)15(23)20-6-1-4-16(24,9-22)5-7-20/h2-3,8,10-11,22,24H,1,4-7,9H2/t16-/m0/s1. The third kappa shape index (κ3) is 3.43. The summed E-state index contributed by atoms with van der Waals surface area (Å²) in [5.41, 5.74) is 0.0897. The van der Waals surface area contributed by atoms with Gasteiger partial charge < -0.3 is 15.1 Å². The van der Waals surface area contributed by atoms with Gasteiger partial charge in [0, 0.05) is 18.8 Å². The van der Waals surface area contributed by atoms with Gasteiger partial charge in [0.2, 0.25) is 0 Å². The van der Waals surface area contributed by atoms with Crippen LogP contribution in [-0.4, -0.2) is 61.1 Å². The number of halogens is 1. The number of aliphatic hydroxyl groups excluding tert-OH is 1. The normalized spacial score (nSPS) is 21.5. The summed E-state index contributed by atoms with van der Waals surface area (Å²) in [7, 11) is 0. The first kappa shape index (κ1) is 16.9. The highest BCUT2D eigenvalue weighted by Gasteiger charge is 2.31. The zero-order valence-electron chi connectivity index (χ0n) is 13.1. The molecule has 1 amide bonds. The van der Waals surface area contributed by atoms with Gasteiger partial charge in [-0.1, -0.05) is 11.6 Å². The van der Waals surface area contributed by atoms with Crippen molar-refractivity contribution in [2.45, 2.75) is 24.9 Å². The van der Waals surface area contributed by atoms with Crippen LogP contribution >= 0.6 is 11.6 Å². The molecule has 2 N–H and O–H groups in total. The molecule has 1 fully saturated rings. The fourth-order valence-corrected chi connectivity index (χ4v) is 3.14. The lowest BCUT2D eigenvalue weighted by molar-refractivity contribution is -0.0250. The number of carbonyl (C=O) groups is 1. The van der Waals surface area contributed by atoms with Crippen LogP contribution in [0.5, 0.6) is 0 Å². The van der Waals surface area contributed by atoms with Crippen molar-refractivity contribution in [2.75, 3.05) is 19.7 Å². The van der Waals surface area contributed by atoms with Gasteiger partial charge in [-0.05, 0) is 37.5 Å². The maximum absolute atomic E-state index is 12.7. The molecule has 1 aliphatic heterocycles. The van der Waals surface area contributed by atoms with Gasteiger partial charge in [-0.3, -0.25) is 9.36 Å². The van der Waals surface area contributed by atoms with E-state index in [1.807, 2.05) is 0 Å². The van der Waals surface area contributed by atoms with Gasteiger partial charge >= 0.3 is 0 Å². The van der Waals surface area contributed by atoms with Crippen molar-refractivity contribution < 1.29 is 15.0 Å². The maximum Gasteiger partial charge on any atom is 0.255 e. The molecule has 1 saturated heterocycles. The summed E-state index contributed by atoms with van der Waals surface area (Å²) in [4.78, 5) is 14.4. The van der Waals surface area contributed by atoms with Gasteiger partial charge in [0.1, 0.15) is 12.7 Å². The summed E-state index contributed by atoms with van der Waals surface area (Å²) in [5, 5.41) is 27.3. The molecule has 0 saturated carbocycles. The van der Waals surface area contributed by atoms with E-state index in [1.165, 1.54) is 0 Å². The zero-order valence-corrected chi connectivity index (χ0v) is 13.9. The van der Waals surface area contributed by atoms with Crippen molar-refractivity contribution in [2.24, 2.45) is 0 Å². The molecule has 24 heavy (non-hydrogen) atoms. The van der Waals surface area contributed by atoms with Gasteiger partial charge in [-0.2, -0.15) is 0 Å². The van der Waals surface area contributed by atoms with Crippen LogP contribution in [0.2, 0.25) is 5.02 Å². The van der Waals surface area contributed by atoms with E-state index in [0.717, 1.165) is 5.69 Å². The Labute approximate surface area is 144 Å². The maximum atomic E-state index is 12.7. The van der Waals surface area contributed by atoms with E-state index >= 15 is 0 Å². The Bertz CT molecular complexity index is 722. The molecule has 0 unspecified atom stereocenters. The third-order valence-electron chi connectivity index (χ3n) is 4.40. The van der Waals surface area contributed by atoms with E-state index < -0.39 is 5.60 Å². The molecule has 3 rings (SSSR count). The number of hydrogen-bond acceptors (Lipinski definition) is 5. The summed E-state index contributed by atoms with van der Waals surface area (Å²) in [6.07, 6.45) is 4.58. The number of rotatable bonds is 3. The van der Waals surface area contributed by atoms with Gasteiger partial charge in [0.25, 0.3) is 5.91 Å². The largest absolute Gasteiger partial charge is 0.393 e. The number of carbonyl (C=O) groups excluding carboxylic acids is 1. The lowest BCUT2D eigenvalue weighted by Gasteiger charge is -2.24. The first-order valence-electron chi connectivity index (χ1n) is 7.79. The third-order valence-corrected chi connectivity index (χ3v) is 4.71. The highest BCUT2D eigenvalue weighted by atomic mass is 35.5. The molecular formula is C16H19ClN4O3. The fourth-order valence-electron chi connectivity index (χ4n) is 2.88. The number of nitrogens with zero attached hydrogens (tertiary/aromatic N) is 4. The second-order valence-corrected chi connectivity index (χ2v) is 6.47. The molecule has 2 heterocycles. The number of benzene rings is 1. The van der Waals surface area contributed by atoms with Crippen LogP contribution in [0.25, 0.3) is 5.69 Å². The van der Waals surface area contributed by atoms with E-state index in [0.29, 0.717) is 42.9 Å². The Morgan fingerprint density at radius 3 is 2.67 bits per heavy atom. The molecule has 128 valence electrons. The van der Waals surface area contributed by atoms with Crippen molar-refractivity contribution in [1.82, 2.24) is 19.7 Å². The average Bonchev–Trinajstić information content (AvgIpc) is 3.04. The van der Waals surface area contributed by atoms with Crippen molar-refractivity contribution in [1.29, 1.82) is 0 Å². The average molecular weight is 351 g/mol. The van der Waals surface area contributed by atoms with Gasteiger partial charge in [0.05, 0.1) is 22.8 Å². The number of aromatic nitrogens is 3. The predicted octanol–water partition coefficient (Wildman–Crippen LogP) is 1.27. The molecule has 8 heteroatoms. The quantitative estimate of drug-likeness (QED) is 0.869. The van der Waals surface area contributed by atoms with E-state index in [4.69, 9.17) is 11.6 Å². The summed E-state index contributed by atoms with van der Waals surface area (Å²) in [6.45, 7) is 0.632. The van der Waals surface area contributed by atoms with Crippen LogP contribution in [0.4, 0.5) is 0 Å². The predicted molar refractivity (Wildman–Crippen MR) is 88.2 cm³/mol.